The average molecular weight is 231 g/mol. The van der Waals surface area contributed by atoms with Crippen molar-refractivity contribution in [1.29, 1.82) is 0 Å². The van der Waals surface area contributed by atoms with Crippen LogP contribution in [0.4, 0.5) is 0 Å². The van der Waals surface area contributed by atoms with Crippen LogP contribution in [0.1, 0.15) is 24.6 Å². The second-order valence-electron chi connectivity index (χ2n) is 3.23. The molecule has 0 bridgehead atoms. The molecule has 1 heterocycles. The fourth-order valence-corrected chi connectivity index (χ4v) is 1.76. The molecular formula is C8H11BrN2O. The molecule has 0 amide bonds. The van der Waals surface area contributed by atoms with Crippen molar-refractivity contribution in [2.45, 2.75) is 31.9 Å². The van der Waals surface area contributed by atoms with E-state index in [1.54, 1.807) is 6.20 Å². The zero-order valence-corrected chi connectivity index (χ0v) is 8.45. The van der Waals surface area contributed by atoms with E-state index in [-0.39, 0.29) is 12.1 Å². The molecule has 1 N–H and O–H groups in total. The molecule has 1 saturated carbocycles. The Labute approximate surface area is 79.5 Å². The lowest BCUT2D eigenvalue weighted by atomic mass is 9.89. The minimum absolute atomic E-state index is 0.199. The number of aliphatic hydroxyl groups is 1. The highest BCUT2D eigenvalue weighted by Crippen LogP contribution is 2.33. The fourth-order valence-electron chi connectivity index (χ4n) is 1.49. The number of aliphatic hydroxyl groups excluding tert-OH is 1. The molecule has 0 spiro atoms. The topological polar surface area (TPSA) is 38.0 Å². The Morgan fingerprint density at radius 3 is 2.75 bits per heavy atom. The summed E-state index contributed by atoms with van der Waals surface area (Å²) in [6, 6.07) is 0.205. The summed E-state index contributed by atoms with van der Waals surface area (Å²) in [5, 5.41) is 13.6. The monoisotopic (exact) mass is 230 g/mol. The SMILES string of the molecule is Cc1c(Br)cnn1C1CCC1O. The van der Waals surface area contributed by atoms with E-state index in [1.807, 2.05) is 11.6 Å². The normalized spacial score (nSPS) is 28.6. The van der Waals surface area contributed by atoms with Gasteiger partial charge in [0, 0.05) is 5.69 Å². The number of halogens is 1. The highest BCUT2D eigenvalue weighted by atomic mass is 79.9. The minimum atomic E-state index is -0.199. The molecule has 1 aromatic heterocycles. The Balaban J connectivity index is 2.28. The van der Waals surface area contributed by atoms with Gasteiger partial charge in [0.05, 0.1) is 22.8 Å². The van der Waals surface area contributed by atoms with Gasteiger partial charge in [0.1, 0.15) is 0 Å². The molecule has 1 fully saturated rings. The van der Waals surface area contributed by atoms with Crippen molar-refractivity contribution in [2.24, 2.45) is 0 Å². The summed E-state index contributed by atoms with van der Waals surface area (Å²) in [5.41, 5.74) is 1.10. The minimum Gasteiger partial charge on any atom is -0.391 e. The molecule has 0 radical (unpaired) electrons. The highest BCUT2D eigenvalue weighted by Gasteiger charge is 2.32. The quantitative estimate of drug-likeness (QED) is 0.797. The summed E-state index contributed by atoms with van der Waals surface area (Å²) in [5.74, 6) is 0. The lowest BCUT2D eigenvalue weighted by molar-refractivity contribution is 0.0243. The molecule has 4 heteroatoms. The molecule has 2 rings (SSSR count). The fraction of sp³-hybridized carbons (Fsp3) is 0.625. The van der Waals surface area contributed by atoms with E-state index in [9.17, 15) is 5.11 Å². The molecule has 66 valence electrons. The largest absolute Gasteiger partial charge is 0.391 e. The zero-order chi connectivity index (χ0) is 8.72. The predicted octanol–water partition coefficient (Wildman–Crippen LogP) is 1.65. The average Bonchev–Trinajstić information content (AvgIpc) is 2.34. The lowest BCUT2D eigenvalue weighted by Gasteiger charge is -2.33. The Kier molecular flexibility index (Phi) is 1.96. The summed E-state index contributed by atoms with van der Waals surface area (Å²) in [7, 11) is 0. The number of nitrogens with zero attached hydrogens (tertiary/aromatic N) is 2. The van der Waals surface area contributed by atoms with Gasteiger partial charge < -0.3 is 5.11 Å². The van der Waals surface area contributed by atoms with E-state index in [0.717, 1.165) is 23.0 Å². The third kappa shape index (κ3) is 1.10. The molecule has 12 heavy (non-hydrogen) atoms. The number of rotatable bonds is 1. The maximum Gasteiger partial charge on any atom is 0.0782 e. The molecule has 2 atom stereocenters. The van der Waals surface area contributed by atoms with Gasteiger partial charge in [0.15, 0.2) is 0 Å². The van der Waals surface area contributed by atoms with Crippen LogP contribution in [0.3, 0.4) is 0 Å². The predicted molar refractivity (Wildman–Crippen MR) is 48.9 cm³/mol. The van der Waals surface area contributed by atoms with Gasteiger partial charge in [-0.15, -0.1) is 0 Å². The summed E-state index contributed by atoms with van der Waals surface area (Å²) in [6.45, 7) is 2.00. The van der Waals surface area contributed by atoms with Crippen molar-refractivity contribution in [1.82, 2.24) is 9.78 Å². The maximum absolute atomic E-state index is 9.42. The van der Waals surface area contributed by atoms with Gasteiger partial charge >= 0.3 is 0 Å². The van der Waals surface area contributed by atoms with Gasteiger partial charge in [-0.1, -0.05) is 0 Å². The summed E-state index contributed by atoms with van der Waals surface area (Å²) in [4.78, 5) is 0. The van der Waals surface area contributed by atoms with Crippen molar-refractivity contribution in [3.8, 4) is 0 Å². The van der Waals surface area contributed by atoms with E-state index in [0.29, 0.717) is 0 Å². The summed E-state index contributed by atoms with van der Waals surface area (Å²) >= 11 is 3.39. The first-order chi connectivity index (χ1) is 5.70. The number of hydrogen-bond donors (Lipinski definition) is 1. The molecule has 3 nitrogen and oxygen atoms in total. The van der Waals surface area contributed by atoms with E-state index in [4.69, 9.17) is 0 Å². The van der Waals surface area contributed by atoms with Crippen LogP contribution in [-0.2, 0) is 0 Å². The number of hydrogen-bond acceptors (Lipinski definition) is 2. The molecule has 0 saturated heterocycles. The molecule has 2 unspecified atom stereocenters. The first-order valence-corrected chi connectivity index (χ1v) is 4.87. The van der Waals surface area contributed by atoms with Crippen molar-refractivity contribution in [2.75, 3.05) is 0 Å². The molecule has 0 aliphatic heterocycles. The van der Waals surface area contributed by atoms with E-state index in [1.165, 1.54) is 0 Å². The van der Waals surface area contributed by atoms with Crippen molar-refractivity contribution in [3.05, 3.63) is 16.4 Å². The summed E-state index contributed by atoms with van der Waals surface area (Å²) in [6.07, 6.45) is 3.52. The molecule has 1 aromatic rings. The maximum atomic E-state index is 9.42. The highest BCUT2D eigenvalue weighted by molar-refractivity contribution is 9.10. The van der Waals surface area contributed by atoms with Gasteiger partial charge in [0.2, 0.25) is 0 Å². The third-order valence-electron chi connectivity index (χ3n) is 2.50. The van der Waals surface area contributed by atoms with Crippen LogP contribution in [0.2, 0.25) is 0 Å². The van der Waals surface area contributed by atoms with Crippen molar-refractivity contribution >= 4 is 15.9 Å². The Hall–Kier alpha value is -0.350. The van der Waals surface area contributed by atoms with E-state index >= 15 is 0 Å². The van der Waals surface area contributed by atoms with Gasteiger partial charge in [-0.3, -0.25) is 4.68 Å². The standard InChI is InChI=1S/C8H11BrN2O/c1-5-6(9)4-10-11(5)7-2-3-8(7)12/h4,7-8,12H,2-3H2,1H3. The smallest absolute Gasteiger partial charge is 0.0782 e. The Bertz CT molecular complexity index is 297. The summed E-state index contributed by atoms with van der Waals surface area (Å²) < 4.78 is 2.92. The second kappa shape index (κ2) is 2.85. The molecule has 1 aliphatic rings. The number of aromatic nitrogens is 2. The van der Waals surface area contributed by atoms with Crippen LogP contribution in [-0.4, -0.2) is 21.0 Å². The molecule has 1 aliphatic carbocycles. The first kappa shape index (κ1) is 8.26. The van der Waals surface area contributed by atoms with Crippen LogP contribution >= 0.6 is 15.9 Å². The van der Waals surface area contributed by atoms with Gasteiger partial charge in [-0.05, 0) is 35.7 Å². The Morgan fingerprint density at radius 1 is 1.67 bits per heavy atom. The van der Waals surface area contributed by atoms with Crippen LogP contribution in [0, 0.1) is 6.92 Å². The van der Waals surface area contributed by atoms with Gasteiger partial charge in [0.25, 0.3) is 0 Å². The van der Waals surface area contributed by atoms with Gasteiger partial charge in [-0.2, -0.15) is 5.10 Å². The first-order valence-electron chi connectivity index (χ1n) is 4.08. The molecular weight excluding hydrogens is 220 g/mol. The van der Waals surface area contributed by atoms with E-state index in [2.05, 4.69) is 21.0 Å². The third-order valence-corrected chi connectivity index (χ3v) is 3.28. The Morgan fingerprint density at radius 2 is 2.42 bits per heavy atom. The second-order valence-corrected chi connectivity index (χ2v) is 4.09. The van der Waals surface area contributed by atoms with Crippen molar-refractivity contribution < 1.29 is 5.11 Å². The van der Waals surface area contributed by atoms with Gasteiger partial charge in [-0.25, -0.2) is 0 Å². The van der Waals surface area contributed by atoms with E-state index < -0.39 is 0 Å². The van der Waals surface area contributed by atoms with Crippen LogP contribution in [0.25, 0.3) is 0 Å². The van der Waals surface area contributed by atoms with Crippen molar-refractivity contribution in [3.63, 3.8) is 0 Å². The van der Waals surface area contributed by atoms with Crippen LogP contribution < -0.4 is 0 Å². The zero-order valence-electron chi connectivity index (χ0n) is 6.87. The van der Waals surface area contributed by atoms with Crippen LogP contribution in [0.15, 0.2) is 10.7 Å². The van der Waals surface area contributed by atoms with Crippen LogP contribution in [0.5, 0.6) is 0 Å². The lowest BCUT2D eigenvalue weighted by Crippen LogP contribution is -2.34. The molecule has 0 aromatic carbocycles.